The summed E-state index contributed by atoms with van der Waals surface area (Å²) in [4.78, 5) is 12.0. The maximum absolute atomic E-state index is 12.0. The summed E-state index contributed by atoms with van der Waals surface area (Å²) in [5.74, 6) is 0.123. The largest absolute Gasteiger partial charge is 0.512 e. The van der Waals surface area contributed by atoms with Gasteiger partial charge in [-0.05, 0) is 26.3 Å². The van der Waals surface area contributed by atoms with E-state index in [0.29, 0.717) is 5.57 Å². The number of rotatable bonds is 5. The molecule has 0 aliphatic carbocycles. The summed E-state index contributed by atoms with van der Waals surface area (Å²) in [6.07, 6.45) is 1.04. The van der Waals surface area contributed by atoms with E-state index in [4.69, 9.17) is 0 Å². The highest BCUT2D eigenvalue weighted by atomic mass is 31.2. The summed E-state index contributed by atoms with van der Waals surface area (Å²) < 4.78 is 0. The molecule has 0 fully saturated rings. The molecule has 104 valence electrons. The van der Waals surface area contributed by atoms with E-state index in [0.717, 1.165) is 11.7 Å². The number of hydrogen-bond donors (Lipinski definition) is 1. The Morgan fingerprint density at radius 2 is 1.74 bits per heavy atom. The van der Waals surface area contributed by atoms with Crippen molar-refractivity contribution in [3.05, 3.63) is 47.2 Å². The van der Waals surface area contributed by atoms with Gasteiger partial charge in [-0.2, -0.15) is 0 Å². The molecule has 0 saturated heterocycles. The Labute approximate surface area is 116 Å². The molecule has 0 bridgehead atoms. The van der Waals surface area contributed by atoms with Crippen LogP contribution in [0.4, 0.5) is 0 Å². The molecule has 1 N–H and O–H groups in total. The number of Topliss-reactive ketones (excluding diaryl/α,β-unsaturated/α-hetero) is 1. The first-order chi connectivity index (χ1) is 8.81. The molecule has 1 atom stereocenters. The van der Waals surface area contributed by atoms with E-state index < -0.39 is 7.26 Å². The molecule has 1 rings (SSSR count). The highest BCUT2D eigenvalue weighted by Gasteiger charge is 2.41. The standard InChI is InChI=1S/C16H23O2P/c1-6-19(4,5)16(14-10-8-7-9-11-14)15(12(2)17)13(3)18/h7-11,16H,6H2,1-5H3/p+1. The van der Waals surface area contributed by atoms with Gasteiger partial charge in [0.25, 0.3) is 0 Å². The lowest BCUT2D eigenvalue weighted by Gasteiger charge is -2.29. The quantitative estimate of drug-likeness (QED) is 0.491. The van der Waals surface area contributed by atoms with Crippen molar-refractivity contribution in [1.82, 2.24) is 0 Å². The normalized spacial score (nSPS) is 14.8. The fourth-order valence-corrected chi connectivity index (χ4v) is 4.79. The van der Waals surface area contributed by atoms with Gasteiger partial charge in [0.15, 0.2) is 5.78 Å². The predicted molar refractivity (Wildman–Crippen MR) is 84.5 cm³/mol. The van der Waals surface area contributed by atoms with Crippen molar-refractivity contribution < 1.29 is 9.90 Å². The lowest BCUT2D eigenvalue weighted by molar-refractivity contribution is -0.113. The SMILES string of the molecule is CC[P+](C)(C)C(/C(C(C)=O)=C(/C)O)c1ccccc1. The van der Waals surface area contributed by atoms with Gasteiger partial charge in [-0.15, -0.1) is 0 Å². The highest BCUT2D eigenvalue weighted by Crippen LogP contribution is 2.66. The van der Waals surface area contributed by atoms with Crippen molar-refractivity contribution in [2.45, 2.75) is 26.4 Å². The van der Waals surface area contributed by atoms with Crippen molar-refractivity contribution in [2.24, 2.45) is 0 Å². The third kappa shape index (κ3) is 3.67. The van der Waals surface area contributed by atoms with Crippen LogP contribution in [0.25, 0.3) is 0 Å². The molecule has 0 heterocycles. The van der Waals surface area contributed by atoms with Gasteiger partial charge in [0.05, 0.1) is 11.7 Å². The molecule has 1 aromatic carbocycles. The molecule has 0 aliphatic heterocycles. The minimum atomic E-state index is -1.36. The van der Waals surface area contributed by atoms with Gasteiger partial charge >= 0.3 is 0 Å². The van der Waals surface area contributed by atoms with Crippen LogP contribution in [0.15, 0.2) is 41.7 Å². The van der Waals surface area contributed by atoms with Crippen LogP contribution in [-0.2, 0) is 4.79 Å². The van der Waals surface area contributed by atoms with Crippen molar-refractivity contribution in [3.63, 3.8) is 0 Å². The zero-order valence-electron chi connectivity index (χ0n) is 12.5. The summed E-state index contributed by atoms with van der Waals surface area (Å²) in [5.41, 5.74) is 1.73. The van der Waals surface area contributed by atoms with Gasteiger partial charge in [-0.25, -0.2) is 0 Å². The van der Waals surface area contributed by atoms with Crippen LogP contribution in [0.5, 0.6) is 0 Å². The maximum Gasteiger partial charge on any atom is 0.163 e. The van der Waals surface area contributed by atoms with Crippen LogP contribution in [0.1, 0.15) is 32.0 Å². The molecule has 0 radical (unpaired) electrons. The fraction of sp³-hybridized carbons (Fsp3) is 0.438. The van der Waals surface area contributed by atoms with E-state index >= 15 is 0 Å². The second kappa shape index (κ2) is 6.34. The highest BCUT2D eigenvalue weighted by molar-refractivity contribution is 7.75. The Morgan fingerprint density at radius 3 is 2.11 bits per heavy atom. The van der Waals surface area contributed by atoms with Crippen molar-refractivity contribution in [3.8, 4) is 0 Å². The van der Waals surface area contributed by atoms with E-state index in [1.54, 1.807) is 13.8 Å². The molecule has 1 aromatic rings. The average Bonchev–Trinajstić information content (AvgIpc) is 2.35. The van der Waals surface area contributed by atoms with Gasteiger partial charge in [0, 0.05) is 20.6 Å². The van der Waals surface area contributed by atoms with Crippen LogP contribution in [0.2, 0.25) is 0 Å². The number of carbonyl (C=O) groups is 1. The smallest absolute Gasteiger partial charge is 0.163 e. The number of aliphatic hydroxyl groups is 1. The number of hydrogen-bond acceptors (Lipinski definition) is 2. The molecule has 0 saturated carbocycles. The van der Waals surface area contributed by atoms with Gasteiger partial charge < -0.3 is 5.11 Å². The average molecular weight is 279 g/mol. The molecule has 0 amide bonds. The van der Waals surface area contributed by atoms with Crippen LogP contribution in [0.3, 0.4) is 0 Å². The lowest BCUT2D eigenvalue weighted by Crippen LogP contribution is -2.16. The number of allylic oxidation sites excluding steroid dienone is 2. The monoisotopic (exact) mass is 279 g/mol. The van der Waals surface area contributed by atoms with Crippen molar-refractivity contribution in [1.29, 1.82) is 0 Å². The Bertz CT molecular complexity index is 471. The molecule has 0 aliphatic rings. The van der Waals surface area contributed by atoms with E-state index in [-0.39, 0.29) is 17.2 Å². The first-order valence-electron chi connectivity index (χ1n) is 6.59. The van der Waals surface area contributed by atoms with Gasteiger partial charge in [0.2, 0.25) is 0 Å². The molecule has 1 unspecified atom stereocenters. The number of carbonyl (C=O) groups excluding carboxylic acids is 1. The second-order valence-electron chi connectivity index (χ2n) is 5.46. The summed E-state index contributed by atoms with van der Waals surface area (Å²) >= 11 is 0. The van der Waals surface area contributed by atoms with Crippen molar-refractivity contribution >= 4 is 13.0 Å². The topological polar surface area (TPSA) is 37.3 Å². The van der Waals surface area contributed by atoms with Crippen LogP contribution >= 0.6 is 7.26 Å². The van der Waals surface area contributed by atoms with E-state index in [9.17, 15) is 9.90 Å². The predicted octanol–water partition coefficient (Wildman–Crippen LogP) is 4.45. The molecular weight excluding hydrogens is 255 g/mol. The number of aliphatic hydroxyl groups excluding tert-OH is 1. The Morgan fingerprint density at radius 1 is 1.21 bits per heavy atom. The maximum atomic E-state index is 12.0. The van der Waals surface area contributed by atoms with Crippen molar-refractivity contribution in [2.75, 3.05) is 19.5 Å². The zero-order valence-corrected chi connectivity index (χ0v) is 13.4. The van der Waals surface area contributed by atoms with E-state index in [1.807, 2.05) is 30.3 Å². The summed E-state index contributed by atoms with van der Waals surface area (Å²) in [6, 6.07) is 10.0. The number of benzene rings is 1. The van der Waals surface area contributed by atoms with Gasteiger partial charge in [-0.3, -0.25) is 4.79 Å². The van der Waals surface area contributed by atoms with Crippen LogP contribution in [0, 0.1) is 0 Å². The van der Waals surface area contributed by atoms with E-state index in [2.05, 4.69) is 20.3 Å². The second-order valence-corrected chi connectivity index (χ2v) is 10.2. The van der Waals surface area contributed by atoms with Gasteiger partial charge in [0.1, 0.15) is 11.4 Å². The minimum absolute atomic E-state index is 0.0289. The third-order valence-electron chi connectivity index (χ3n) is 3.67. The Kier molecular flexibility index (Phi) is 5.31. The summed E-state index contributed by atoms with van der Waals surface area (Å²) in [7, 11) is -1.36. The Balaban J connectivity index is 3.45. The first-order valence-corrected chi connectivity index (χ1v) is 9.53. The lowest BCUT2D eigenvalue weighted by atomic mass is 10.0. The molecule has 0 spiro atoms. The Hall–Kier alpha value is -1.14. The molecular formula is C16H24O2P+. The molecule has 19 heavy (non-hydrogen) atoms. The first kappa shape index (κ1) is 15.9. The summed E-state index contributed by atoms with van der Waals surface area (Å²) in [6.45, 7) is 9.81. The molecule has 3 heteroatoms. The van der Waals surface area contributed by atoms with E-state index in [1.165, 1.54) is 0 Å². The van der Waals surface area contributed by atoms with Gasteiger partial charge in [-0.1, -0.05) is 30.3 Å². The van der Waals surface area contributed by atoms with Crippen LogP contribution in [-0.4, -0.2) is 30.4 Å². The fourth-order valence-electron chi connectivity index (χ4n) is 2.38. The minimum Gasteiger partial charge on any atom is -0.512 e. The number of ketones is 1. The molecule has 0 aromatic heterocycles. The third-order valence-corrected chi connectivity index (χ3v) is 7.26. The zero-order chi connectivity index (χ0) is 14.6. The molecule has 2 nitrogen and oxygen atoms in total. The summed E-state index contributed by atoms with van der Waals surface area (Å²) in [5, 5.41) is 9.95. The van der Waals surface area contributed by atoms with Crippen LogP contribution < -0.4 is 0 Å².